The maximum atomic E-state index is 12.3. The summed E-state index contributed by atoms with van der Waals surface area (Å²) in [6.07, 6.45) is 2.76. The molecule has 4 nitrogen and oxygen atoms in total. The fraction of sp³-hybridized carbons (Fsp3) is 0.500. The average molecular weight is 249 g/mol. The van der Waals surface area contributed by atoms with E-state index in [0.29, 0.717) is 11.3 Å². The van der Waals surface area contributed by atoms with Crippen LogP contribution in [-0.4, -0.2) is 11.4 Å². The van der Waals surface area contributed by atoms with Crippen LogP contribution in [0.15, 0.2) is 24.3 Å². The first kappa shape index (κ1) is 14.5. The van der Waals surface area contributed by atoms with Crippen LogP contribution in [0.25, 0.3) is 0 Å². The molecule has 1 aromatic rings. The van der Waals surface area contributed by atoms with E-state index in [1.165, 1.54) is 0 Å². The Morgan fingerprint density at radius 1 is 1.17 bits per heavy atom. The molecule has 0 aliphatic carbocycles. The van der Waals surface area contributed by atoms with E-state index in [1.54, 1.807) is 12.1 Å². The first-order valence-electron chi connectivity index (χ1n) is 6.50. The largest absolute Gasteiger partial charge is 0.347 e. The molecule has 0 fully saturated rings. The average Bonchev–Trinajstić information content (AvgIpc) is 2.44. The summed E-state index contributed by atoms with van der Waals surface area (Å²) in [7, 11) is 0. The summed E-state index contributed by atoms with van der Waals surface area (Å²) < 4.78 is 0. The number of hydrazine groups is 1. The Bertz CT molecular complexity index is 392. The number of anilines is 1. The van der Waals surface area contributed by atoms with Crippen molar-refractivity contribution in [2.75, 3.05) is 5.43 Å². The molecule has 100 valence electrons. The van der Waals surface area contributed by atoms with Gasteiger partial charge < -0.3 is 10.7 Å². The Kier molecular flexibility index (Phi) is 5.16. The molecule has 4 heteroatoms. The lowest BCUT2D eigenvalue weighted by Crippen LogP contribution is -2.47. The lowest BCUT2D eigenvalue weighted by atomic mass is 9.89. The summed E-state index contributed by atoms with van der Waals surface area (Å²) in [5.41, 5.74) is 3.66. The molecule has 0 radical (unpaired) electrons. The Morgan fingerprint density at radius 2 is 1.72 bits per heavy atom. The van der Waals surface area contributed by atoms with E-state index in [1.807, 2.05) is 12.1 Å². The molecular weight excluding hydrogens is 226 g/mol. The fourth-order valence-corrected chi connectivity index (χ4v) is 2.13. The number of carbonyl (C=O) groups is 1. The third-order valence-electron chi connectivity index (χ3n) is 3.74. The highest BCUT2D eigenvalue weighted by atomic mass is 16.1. The quantitative estimate of drug-likeness (QED) is 0.536. The van der Waals surface area contributed by atoms with Gasteiger partial charge >= 0.3 is 0 Å². The number of nitrogen functional groups attached to an aromatic ring is 1. The van der Waals surface area contributed by atoms with Crippen LogP contribution in [0.2, 0.25) is 0 Å². The lowest BCUT2D eigenvalue weighted by molar-refractivity contribution is 0.0889. The Morgan fingerprint density at radius 3 is 2.22 bits per heavy atom. The molecule has 0 saturated carbocycles. The van der Waals surface area contributed by atoms with E-state index >= 15 is 0 Å². The number of nitrogens with two attached hydrogens (primary N) is 1. The molecule has 0 bridgehead atoms. The van der Waals surface area contributed by atoms with Gasteiger partial charge in [0.1, 0.15) is 0 Å². The van der Waals surface area contributed by atoms with Crippen LogP contribution < -0.4 is 16.6 Å². The number of hydrogen-bond donors (Lipinski definition) is 3. The van der Waals surface area contributed by atoms with Crippen LogP contribution in [0.1, 0.15) is 50.4 Å². The second-order valence-electron chi connectivity index (χ2n) is 4.49. The van der Waals surface area contributed by atoms with Gasteiger partial charge in [0.2, 0.25) is 0 Å². The number of amides is 1. The van der Waals surface area contributed by atoms with Gasteiger partial charge in [-0.2, -0.15) is 0 Å². The van der Waals surface area contributed by atoms with Crippen molar-refractivity contribution < 1.29 is 4.79 Å². The van der Waals surface area contributed by atoms with Crippen molar-refractivity contribution in [2.45, 2.75) is 45.6 Å². The highest BCUT2D eigenvalue weighted by Gasteiger charge is 2.26. The molecule has 0 spiro atoms. The highest BCUT2D eigenvalue weighted by Crippen LogP contribution is 2.21. The number of rotatable bonds is 6. The summed E-state index contributed by atoms with van der Waals surface area (Å²) in [5.74, 6) is 5.34. The third kappa shape index (κ3) is 3.01. The molecule has 0 aromatic heterocycles. The minimum atomic E-state index is -0.126. The predicted molar refractivity (Wildman–Crippen MR) is 75.3 cm³/mol. The standard InChI is InChI=1S/C14H23N3O/c1-4-14(5-2,6-3)16-13(18)11-9-7-8-10-12(11)17-15/h7-10,17H,4-6,15H2,1-3H3,(H,16,18). The summed E-state index contributed by atoms with van der Waals surface area (Å²) >= 11 is 0. The maximum Gasteiger partial charge on any atom is 0.253 e. The van der Waals surface area contributed by atoms with E-state index in [9.17, 15) is 4.79 Å². The summed E-state index contributed by atoms with van der Waals surface area (Å²) in [5, 5.41) is 3.14. The zero-order valence-electron chi connectivity index (χ0n) is 11.4. The van der Waals surface area contributed by atoms with E-state index in [2.05, 4.69) is 31.5 Å². The van der Waals surface area contributed by atoms with Gasteiger partial charge in [0.15, 0.2) is 0 Å². The monoisotopic (exact) mass is 249 g/mol. The smallest absolute Gasteiger partial charge is 0.253 e. The minimum absolute atomic E-state index is 0.0749. The molecule has 0 unspecified atom stereocenters. The Labute approximate surface area is 109 Å². The van der Waals surface area contributed by atoms with Crippen molar-refractivity contribution in [1.29, 1.82) is 0 Å². The molecular formula is C14H23N3O. The van der Waals surface area contributed by atoms with Gasteiger partial charge in [-0.25, -0.2) is 0 Å². The van der Waals surface area contributed by atoms with E-state index in [-0.39, 0.29) is 11.4 Å². The molecule has 0 aliphatic heterocycles. The number of benzene rings is 1. The van der Waals surface area contributed by atoms with Crippen molar-refractivity contribution in [1.82, 2.24) is 5.32 Å². The van der Waals surface area contributed by atoms with Gasteiger partial charge in [0.05, 0.1) is 11.3 Å². The molecule has 0 aliphatic rings. The molecule has 0 atom stereocenters. The minimum Gasteiger partial charge on any atom is -0.347 e. The van der Waals surface area contributed by atoms with Crippen LogP contribution in [-0.2, 0) is 0 Å². The number of para-hydroxylation sites is 1. The van der Waals surface area contributed by atoms with E-state index < -0.39 is 0 Å². The molecule has 18 heavy (non-hydrogen) atoms. The van der Waals surface area contributed by atoms with Crippen molar-refractivity contribution in [3.8, 4) is 0 Å². The second kappa shape index (κ2) is 6.40. The first-order valence-corrected chi connectivity index (χ1v) is 6.50. The SMILES string of the molecule is CCC(CC)(CC)NC(=O)c1ccccc1NN. The van der Waals surface area contributed by atoms with Crippen molar-refractivity contribution in [2.24, 2.45) is 5.84 Å². The predicted octanol–water partition coefficient (Wildman–Crippen LogP) is 2.67. The first-order chi connectivity index (χ1) is 8.62. The molecule has 1 amide bonds. The fourth-order valence-electron chi connectivity index (χ4n) is 2.13. The summed E-state index contributed by atoms with van der Waals surface area (Å²) in [6.45, 7) is 6.29. The number of nitrogens with one attached hydrogen (secondary N) is 2. The molecule has 4 N–H and O–H groups in total. The van der Waals surface area contributed by atoms with Gasteiger partial charge in [-0.05, 0) is 31.4 Å². The number of hydrogen-bond acceptors (Lipinski definition) is 3. The lowest BCUT2D eigenvalue weighted by Gasteiger charge is -2.32. The summed E-state index contributed by atoms with van der Waals surface area (Å²) in [6, 6.07) is 7.25. The van der Waals surface area contributed by atoms with Crippen molar-refractivity contribution in [3.63, 3.8) is 0 Å². The normalized spacial score (nSPS) is 11.1. The van der Waals surface area contributed by atoms with Crippen molar-refractivity contribution in [3.05, 3.63) is 29.8 Å². The zero-order chi connectivity index (χ0) is 13.6. The van der Waals surface area contributed by atoms with E-state index in [4.69, 9.17) is 5.84 Å². The zero-order valence-corrected chi connectivity index (χ0v) is 11.4. The summed E-state index contributed by atoms with van der Waals surface area (Å²) in [4.78, 5) is 12.3. The van der Waals surface area contributed by atoms with Crippen molar-refractivity contribution >= 4 is 11.6 Å². The third-order valence-corrected chi connectivity index (χ3v) is 3.74. The maximum absolute atomic E-state index is 12.3. The van der Waals surface area contributed by atoms with E-state index in [0.717, 1.165) is 19.3 Å². The van der Waals surface area contributed by atoms with Crippen LogP contribution >= 0.6 is 0 Å². The van der Waals surface area contributed by atoms with Gasteiger partial charge in [0.25, 0.3) is 5.91 Å². The van der Waals surface area contributed by atoms with Gasteiger partial charge in [-0.3, -0.25) is 10.6 Å². The Balaban J connectivity index is 2.94. The molecule has 0 saturated heterocycles. The van der Waals surface area contributed by atoms with Gasteiger partial charge in [0, 0.05) is 5.54 Å². The second-order valence-corrected chi connectivity index (χ2v) is 4.49. The topological polar surface area (TPSA) is 67.2 Å². The number of carbonyl (C=O) groups excluding carboxylic acids is 1. The van der Waals surface area contributed by atoms with Crippen LogP contribution in [0, 0.1) is 0 Å². The van der Waals surface area contributed by atoms with Gasteiger partial charge in [-0.15, -0.1) is 0 Å². The van der Waals surface area contributed by atoms with Gasteiger partial charge in [-0.1, -0.05) is 32.9 Å². The molecule has 1 aromatic carbocycles. The van der Waals surface area contributed by atoms with Crippen LogP contribution in [0.3, 0.4) is 0 Å². The molecule has 1 rings (SSSR count). The van der Waals surface area contributed by atoms with Crippen LogP contribution in [0.5, 0.6) is 0 Å². The Hall–Kier alpha value is -1.55. The van der Waals surface area contributed by atoms with Crippen LogP contribution in [0.4, 0.5) is 5.69 Å². The highest BCUT2D eigenvalue weighted by molar-refractivity contribution is 5.99. The molecule has 0 heterocycles.